The third kappa shape index (κ3) is 6.46. The van der Waals surface area contributed by atoms with Crippen LogP contribution in [0.4, 0.5) is 5.69 Å². The standard InChI is InChI=1S/C20H21ClN2O6/c1-12(18(24)22-20(2,3)4)28-19(25)13-5-8-15(9-6-13)29-17-10-7-14(21)11-16(17)23(26)27/h5-12H,1-4H3,(H,22,24). The molecule has 0 radical (unpaired) electrons. The quantitative estimate of drug-likeness (QED) is 0.418. The first-order valence-corrected chi connectivity index (χ1v) is 9.09. The van der Waals surface area contributed by atoms with Crippen LogP contribution in [0.25, 0.3) is 0 Å². The van der Waals surface area contributed by atoms with Gasteiger partial charge in [0.1, 0.15) is 5.75 Å². The number of nitrogens with one attached hydrogen (secondary N) is 1. The van der Waals surface area contributed by atoms with Crippen molar-refractivity contribution in [1.82, 2.24) is 5.32 Å². The Balaban J connectivity index is 2.06. The summed E-state index contributed by atoms with van der Waals surface area (Å²) in [4.78, 5) is 34.8. The fourth-order valence-corrected chi connectivity index (χ4v) is 2.43. The molecule has 0 aromatic heterocycles. The molecular weight excluding hydrogens is 400 g/mol. The Morgan fingerprint density at radius 2 is 1.76 bits per heavy atom. The number of amides is 1. The lowest BCUT2D eigenvalue weighted by molar-refractivity contribution is -0.385. The first kappa shape index (κ1) is 22.2. The van der Waals surface area contributed by atoms with E-state index in [1.165, 1.54) is 49.4 Å². The molecule has 0 aliphatic carbocycles. The van der Waals surface area contributed by atoms with E-state index in [0.29, 0.717) is 0 Å². The average Bonchev–Trinajstić information content (AvgIpc) is 2.62. The molecule has 0 heterocycles. The van der Waals surface area contributed by atoms with Gasteiger partial charge in [-0.05, 0) is 64.1 Å². The second-order valence-electron chi connectivity index (χ2n) is 7.28. The van der Waals surface area contributed by atoms with Crippen LogP contribution in [0.2, 0.25) is 5.02 Å². The Morgan fingerprint density at radius 1 is 1.14 bits per heavy atom. The summed E-state index contributed by atoms with van der Waals surface area (Å²) >= 11 is 5.78. The number of nitro benzene ring substituents is 1. The van der Waals surface area contributed by atoms with Crippen LogP contribution in [0.5, 0.6) is 11.5 Å². The van der Waals surface area contributed by atoms with Gasteiger partial charge in [0.25, 0.3) is 5.91 Å². The third-order valence-corrected chi connectivity index (χ3v) is 3.82. The van der Waals surface area contributed by atoms with Crippen LogP contribution in [0.1, 0.15) is 38.1 Å². The predicted octanol–water partition coefficient (Wildman–Crippen LogP) is 4.50. The van der Waals surface area contributed by atoms with Gasteiger partial charge in [0.15, 0.2) is 6.10 Å². The van der Waals surface area contributed by atoms with Gasteiger partial charge in [0, 0.05) is 16.6 Å². The van der Waals surface area contributed by atoms with Crippen molar-refractivity contribution in [2.75, 3.05) is 0 Å². The lowest BCUT2D eigenvalue weighted by atomic mass is 10.1. The number of hydrogen-bond donors (Lipinski definition) is 1. The smallest absolute Gasteiger partial charge is 0.338 e. The average molecular weight is 421 g/mol. The Kier molecular flexibility index (Phi) is 6.81. The van der Waals surface area contributed by atoms with Crippen LogP contribution in [0.3, 0.4) is 0 Å². The van der Waals surface area contributed by atoms with Crippen LogP contribution in [0.15, 0.2) is 42.5 Å². The highest BCUT2D eigenvalue weighted by atomic mass is 35.5. The molecule has 1 atom stereocenters. The molecule has 0 saturated carbocycles. The highest BCUT2D eigenvalue weighted by Gasteiger charge is 2.23. The number of carbonyl (C=O) groups is 2. The molecule has 0 bridgehead atoms. The van der Waals surface area contributed by atoms with Crippen LogP contribution < -0.4 is 10.1 Å². The molecule has 1 N–H and O–H groups in total. The first-order valence-electron chi connectivity index (χ1n) is 8.71. The molecule has 0 aliphatic heterocycles. The van der Waals surface area contributed by atoms with Crippen molar-refractivity contribution in [2.45, 2.75) is 39.3 Å². The molecule has 2 rings (SSSR count). The number of nitrogens with zero attached hydrogens (tertiary/aromatic N) is 1. The van der Waals surface area contributed by atoms with E-state index in [1.54, 1.807) is 0 Å². The van der Waals surface area contributed by atoms with E-state index in [-0.39, 0.29) is 27.8 Å². The Bertz CT molecular complexity index is 922. The second kappa shape index (κ2) is 8.91. The van der Waals surface area contributed by atoms with E-state index in [2.05, 4.69) is 5.32 Å². The van der Waals surface area contributed by atoms with Crippen molar-refractivity contribution in [2.24, 2.45) is 0 Å². The normalized spacial score (nSPS) is 12.0. The summed E-state index contributed by atoms with van der Waals surface area (Å²) in [5, 5.41) is 14.1. The minimum absolute atomic E-state index is 0.0159. The number of carbonyl (C=O) groups excluding carboxylic acids is 2. The number of hydrogen-bond acceptors (Lipinski definition) is 6. The number of nitro groups is 1. The SMILES string of the molecule is CC(OC(=O)c1ccc(Oc2ccc(Cl)cc2[N+](=O)[O-])cc1)C(=O)NC(C)(C)C. The summed E-state index contributed by atoms with van der Waals surface area (Å²) in [6.07, 6.45) is -0.964. The van der Waals surface area contributed by atoms with Gasteiger partial charge in [-0.2, -0.15) is 0 Å². The van der Waals surface area contributed by atoms with Gasteiger partial charge in [-0.15, -0.1) is 0 Å². The zero-order valence-corrected chi connectivity index (χ0v) is 17.1. The van der Waals surface area contributed by atoms with Crippen LogP contribution in [-0.2, 0) is 9.53 Å². The number of benzene rings is 2. The van der Waals surface area contributed by atoms with E-state index in [4.69, 9.17) is 21.1 Å². The lowest BCUT2D eigenvalue weighted by Crippen LogP contribution is -2.46. The van der Waals surface area contributed by atoms with Crippen LogP contribution in [-0.4, -0.2) is 28.4 Å². The summed E-state index contributed by atoms with van der Waals surface area (Å²) < 4.78 is 10.7. The fraction of sp³-hybridized carbons (Fsp3) is 0.300. The van der Waals surface area contributed by atoms with Gasteiger partial charge in [-0.1, -0.05) is 11.6 Å². The zero-order chi connectivity index (χ0) is 21.8. The Hall–Kier alpha value is -3.13. The summed E-state index contributed by atoms with van der Waals surface area (Å²) in [6, 6.07) is 9.86. The first-order chi connectivity index (χ1) is 13.5. The van der Waals surface area contributed by atoms with E-state index >= 15 is 0 Å². The summed E-state index contributed by atoms with van der Waals surface area (Å²) in [6.45, 7) is 6.95. The van der Waals surface area contributed by atoms with Crippen molar-refractivity contribution in [3.8, 4) is 11.5 Å². The maximum atomic E-state index is 12.2. The molecule has 9 heteroatoms. The summed E-state index contributed by atoms with van der Waals surface area (Å²) in [5.74, 6) is -0.779. The summed E-state index contributed by atoms with van der Waals surface area (Å²) in [7, 11) is 0. The van der Waals surface area contributed by atoms with Crippen LogP contribution in [0, 0.1) is 10.1 Å². The zero-order valence-electron chi connectivity index (χ0n) is 16.4. The molecular formula is C20H21ClN2O6. The maximum absolute atomic E-state index is 12.2. The predicted molar refractivity (Wildman–Crippen MR) is 107 cm³/mol. The largest absolute Gasteiger partial charge is 0.450 e. The Morgan fingerprint density at radius 3 is 2.31 bits per heavy atom. The van der Waals surface area contributed by atoms with Gasteiger partial charge >= 0.3 is 11.7 Å². The molecule has 154 valence electrons. The minimum Gasteiger partial charge on any atom is -0.450 e. The van der Waals surface area contributed by atoms with E-state index < -0.39 is 28.4 Å². The van der Waals surface area contributed by atoms with Gasteiger partial charge in [0.2, 0.25) is 5.75 Å². The number of esters is 1. The van der Waals surface area contributed by atoms with Gasteiger partial charge < -0.3 is 14.8 Å². The molecule has 1 unspecified atom stereocenters. The lowest BCUT2D eigenvalue weighted by Gasteiger charge is -2.23. The topological polar surface area (TPSA) is 108 Å². The van der Waals surface area contributed by atoms with Gasteiger partial charge in [0.05, 0.1) is 10.5 Å². The molecule has 29 heavy (non-hydrogen) atoms. The number of halogens is 1. The monoisotopic (exact) mass is 420 g/mol. The molecule has 8 nitrogen and oxygen atoms in total. The highest BCUT2D eigenvalue weighted by molar-refractivity contribution is 6.30. The molecule has 0 fully saturated rings. The molecule has 1 amide bonds. The second-order valence-corrected chi connectivity index (χ2v) is 7.72. The van der Waals surface area contributed by atoms with E-state index in [0.717, 1.165) is 0 Å². The van der Waals surface area contributed by atoms with Crippen LogP contribution >= 0.6 is 11.6 Å². The molecule has 2 aromatic rings. The van der Waals surface area contributed by atoms with Crippen molar-refractivity contribution < 1.29 is 24.0 Å². The van der Waals surface area contributed by atoms with Crippen molar-refractivity contribution in [1.29, 1.82) is 0 Å². The fourth-order valence-electron chi connectivity index (χ4n) is 2.26. The third-order valence-electron chi connectivity index (χ3n) is 3.59. The van der Waals surface area contributed by atoms with Gasteiger partial charge in [-0.25, -0.2) is 4.79 Å². The van der Waals surface area contributed by atoms with E-state index in [9.17, 15) is 19.7 Å². The Labute approximate surface area is 172 Å². The molecule has 0 aliphatic rings. The van der Waals surface area contributed by atoms with Crippen molar-refractivity contribution in [3.63, 3.8) is 0 Å². The molecule has 0 saturated heterocycles. The maximum Gasteiger partial charge on any atom is 0.338 e. The minimum atomic E-state index is -0.964. The summed E-state index contributed by atoms with van der Waals surface area (Å²) in [5.41, 5.74) is -0.515. The van der Waals surface area contributed by atoms with Gasteiger partial charge in [-0.3, -0.25) is 14.9 Å². The molecule has 0 spiro atoms. The highest BCUT2D eigenvalue weighted by Crippen LogP contribution is 2.33. The van der Waals surface area contributed by atoms with Crippen molar-refractivity contribution >= 4 is 29.2 Å². The van der Waals surface area contributed by atoms with E-state index in [1.807, 2.05) is 20.8 Å². The molecule has 2 aromatic carbocycles. The number of rotatable bonds is 6. The number of ether oxygens (including phenoxy) is 2. The van der Waals surface area contributed by atoms with Crippen molar-refractivity contribution in [3.05, 3.63) is 63.2 Å².